The first-order valence-electron chi connectivity index (χ1n) is 4.84. The number of pyridine rings is 1. The molecule has 4 nitrogen and oxygen atoms in total. The number of nitrogen functional groups attached to an aromatic ring is 1. The van der Waals surface area contributed by atoms with Crippen LogP contribution in [0.5, 0.6) is 0 Å². The number of nitrogens with one attached hydrogen (secondary N) is 1. The van der Waals surface area contributed by atoms with Crippen LogP contribution in [-0.2, 0) is 0 Å². The van der Waals surface area contributed by atoms with Crippen molar-refractivity contribution in [3.05, 3.63) is 18.5 Å². The maximum absolute atomic E-state index is 9.25. The molecule has 0 radical (unpaired) electrons. The number of nitrogens with zero attached hydrogens (tertiary/aromatic N) is 1. The van der Waals surface area contributed by atoms with E-state index in [4.69, 9.17) is 5.73 Å². The van der Waals surface area contributed by atoms with Gasteiger partial charge in [-0.1, -0.05) is 0 Å². The molecular weight excluding hydrogens is 178 g/mol. The van der Waals surface area contributed by atoms with E-state index in [1.807, 2.05) is 6.07 Å². The normalized spacial score (nSPS) is 18.6. The summed E-state index contributed by atoms with van der Waals surface area (Å²) >= 11 is 0. The lowest BCUT2D eigenvalue weighted by Crippen LogP contribution is -2.48. The molecule has 2 rings (SSSR count). The number of aliphatic hydroxyl groups excluding tert-OH is 1. The molecule has 0 bridgehead atoms. The number of aromatic nitrogens is 1. The van der Waals surface area contributed by atoms with Gasteiger partial charge < -0.3 is 16.2 Å². The van der Waals surface area contributed by atoms with E-state index in [0.29, 0.717) is 5.69 Å². The SMILES string of the molecule is Nc1cncc(NC2(CO)CCC2)c1. The zero-order chi connectivity index (χ0) is 10.0. The minimum absolute atomic E-state index is 0.129. The minimum Gasteiger partial charge on any atom is -0.397 e. The summed E-state index contributed by atoms with van der Waals surface area (Å²) in [6.45, 7) is 0.168. The highest BCUT2D eigenvalue weighted by molar-refractivity contribution is 5.53. The van der Waals surface area contributed by atoms with Crippen molar-refractivity contribution >= 4 is 11.4 Å². The van der Waals surface area contributed by atoms with Gasteiger partial charge in [-0.25, -0.2) is 0 Å². The Kier molecular flexibility index (Phi) is 2.29. The molecule has 0 unspecified atom stereocenters. The van der Waals surface area contributed by atoms with Crippen LogP contribution in [0.3, 0.4) is 0 Å². The molecule has 1 heterocycles. The lowest BCUT2D eigenvalue weighted by molar-refractivity contribution is 0.144. The molecule has 1 saturated carbocycles. The second-order valence-corrected chi connectivity index (χ2v) is 3.92. The zero-order valence-electron chi connectivity index (χ0n) is 8.03. The molecule has 1 aromatic heterocycles. The van der Waals surface area contributed by atoms with Crippen LogP contribution in [0.15, 0.2) is 18.5 Å². The van der Waals surface area contributed by atoms with E-state index >= 15 is 0 Å². The fourth-order valence-electron chi connectivity index (χ4n) is 1.76. The number of anilines is 2. The highest BCUT2D eigenvalue weighted by Gasteiger charge is 2.36. The summed E-state index contributed by atoms with van der Waals surface area (Å²) in [4.78, 5) is 3.99. The predicted molar refractivity (Wildman–Crippen MR) is 55.9 cm³/mol. The van der Waals surface area contributed by atoms with Gasteiger partial charge in [0.2, 0.25) is 0 Å². The standard InChI is InChI=1S/C10H15N3O/c11-8-4-9(6-12-5-8)13-10(7-14)2-1-3-10/h4-6,13-14H,1-3,7,11H2. The third-order valence-electron chi connectivity index (χ3n) is 2.78. The van der Waals surface area contributed by atoms with Gasteiger partial charge in [0.25, 0.3) is 0 Å². The fourth-order valence-corrected chi connectivity index (χ4v) is 1.76. The maximum Gasteiger partial charge on any atom is 0.0661 e. The summed E-state index contributed by atoms with van der Waals surface area (Å²) in [6, 6.07) is 1.84. The molecule has 0 atom stereocenters. The van der Waals surface area contributed by atoms with Gasteiger partial charge in [0.15, 0.2) is 0 Å². The molecular formula is C10H15N3O. The third kappa shape index (κ3) is 1.65. The van der Waals surface area contributed by atoms with Gasteiger partial charge in [-0.15, -0.1) is 0 Å². The Balaban J connectivity index is 2.09. The van der Waals surface area contributed by atoms with Crippen LogP contribution in [0.4, 0.5) is 11.4 Å². The van der Waals surface area contributed by atoms with Crippen molar-refractivity contribution in [2.24, 2.45) is 0 Å². The second kappa shape index (κ2) is 3.46. The van der Waals surface area contributed by atoms with Crippen LogP contribution >= 0.6 is 0 Å². The van der Waals surface area contributed by atoms with E-state index < -0.39 is 0 Å². The molecule has 4 heteroatoms. The largest absolute Gasteiger partial charge is 0.397 e. The minimum atomic E-state index is -0.129. The van der Waals surface area contributed by atoms with E-state index in [9.17, 15) is 5.11 Å². The van der Waals surface area contributed by atoms with E-state index in [-0.39, 0.29) is 12.1 Å². The van der Waals surface area contributed by atoms with Crippen molar-refractivity contribution in [1.82, 2.24) is 4.98 Å². The predicted octanol–water partition coefficient (Wildman–Crippen LogP) is 0.991. The molecule has 14 heavy (non-hydrogen) atoms. The van der Waals surface area contributed by atoms with E-state index in [2.05, 4.69) is 10.3 Å². The van der Waals surface area contributed by atoms with Crippen molar-refractivity contribution < 1.29 is 5.11 Å². The smallest absolute Gasteiger partial charge is 0.0661 e. The average Bonchev–Trinajstić information content (AvgIpc) is 2.11. The Morgan fingerprint density at radius 2 is 2.29 bits per heavy atom. The topological polar surface area (TPSA) is 71.2 Å². The van der Waals surface area contributed by atoms with Crippen molar-refractivity contribution in [1.29, 1.82) is 0 Å². The molecule has 1 aromatic rings. The van der Waals surface area contributed by atoms with Gasteiger partial charge in [0.05, 0.1) is 29.7 Å². The molecule has 0 amide bonds. The van der Waals surface area contributed by atoms with Gasteiger partial charge in [0, 0.05) is 6.20 Å². The fraction of sp³-hybridized carbons (Fsp3) is 0.500. The van der Waals surface area contributed by atoms with Crippen molar-refractivity contribution in [2.45, 2.75) is 24.8 Å². The highest BCUT2D eigenvalue weighted by atomic mass is 16.3. The lowest BCUT2D eigenvalue weighted by Gasteiger charge is -2.41. The van der Waals surface area contributed by atoms with Gasteiger partial charge in [-0.05, 0) is 25.3 Å². The van der Waals surface area contributed by atoms with Crippen molar-refractivity contribution in [3.8, 4) is 0 Å². The summed E-state index contributed by atoms with van der Waals surface area (Å²) in [5.74, 6) is 0. The van der Waals surface area contributed by atoms with Gasteiger partial charge in [0.1, 0.15) is 0 Å². The van der Waals surface area contributed by atoms with Crippen LogP contribution in [0, 0.1) is 0 Å². The molecule has 76 valence electrons. The second-order valence-electron chi connectivity index (χ2n) is 3.92. The Labute approximate surface area is 83.2 Å². The Bertz CT molecular complexity index is 317. The van der Waals surface area contributed by atoms with Gasteiger partial charge >= 0.3 is 0 Å². The molecule has 1 fully saturated rings. The first kappa shape index (κ1) is 9.27. The molecule has 0 spiro atoms. The molecule has 0 aliphatic heterocycles. The van der Waals surface area contributed by atoms with Gasteiger partial charge in [-0.2, -0.15) is 0 Å². The summed E-state index contributed by atoms with van der Waals surface area (Å²) in [5.41, 5.74) is 7.01. The van der Waals surface area contributed by atoms with E-state index in [1.54, 1.807) is 12.4 Å². The summed E-state index contributed by atoms with van der Waals surface area (Å²) < 4.78 is 0. The summed E-state index contributed by atoms with van der Waals surface area (Å²) in [7, 11) is 0. The summed E-state index contributed by atoms with van der Waals surface area (Å²) in [5, 5.41) is 12.5. The Morgan fingerprint density at radius 3 is 2.79 bits per heavy atom. The maximum atomic E-state index is 9.25. The Morgan fingerprint density at radius 1 is 1.50 bits per heavy atom. The number of hydrogen-bond acceptors (Lipinski definition) is 4. The first-order valence-corrected chi connectivity index (χ1v) is 4.84. The zero-order valence-corrected chi connectivity index (χ0v) is 8.03. The van der Waals surface area contributed by atoms with Crippen molar-refractivity contribution in [2.75, 3.05) is 17.7 Å². The van der Waals surface area contributed by atoms with Crippen LogP contribution < -0.4 is 11.1 Å². The summed E-state index contributed by atoms with van der Waals surface area (Å²) in [6.07, 6.45) is 6.53. The number of hydrogen-bond donors (Lipinski definition) is 3. The number of rotatable bonds is 3. The van der Waals surface area contributed by atoms with E-state index in [0.717, 1.165) is 18.5 Å². The lowest BCUT2D eigenvalue weighted by atomic mass is 9.77. The molecule has 1 aliphatic rings. The van der Waals surface area contributed by atoms with Crippen LogP contribution in [-0.4, -0.2) is 22.2 Å². The molecule has 4 N–H and O–H groups in total. The quantitative estimate of drug-likeness (QED) is 0.669. The highest BCUT2D eigenvalue weighted by Crippen LogP contribution is 2.34. The average molecular weight is 193 g/mol. The number of nitrogens with two attached hydrogens (primary N) is 1. The van der Waals surface area contributed by atoms with E-state index in [1.165, 1.54) is 6.42 Å². The van der Waals surface area contributed by atoms with Crippen LogP contribution in [0.2, 0.25) is 0 Å². The number of aliphatic hydroxyl groups is 1. The van der Waals surface area contributed by atoms with Crippen LogP contribution in [0.1, 0.15) is 19.3 Å². The monoisotopic (exact) mass is 193 g/mol. The van der Waals surface area contributed by atoms with Crippen molar-refractivity contribution in [3.63, 3.8) is 0 Å². The van der Waals surface area contributed by atoms with Gasteiger partial charge in [-0.3, -0.25) is 4.98 Å². The Hall–Kier alpha value is -1.29. The molecule has 1 aliphatic carbocycles. The first-order chi connectivity index (χ1) is 6.74. The molecule has 0 aromatic carbocycles. The van der Waals surface area contributed by atoms with Crippen LogP contribution in [0.25, 0.3) is 0 Å². The third-order valence-corrected chi connectivity index (χ3v) is 2.78. The molecule has 0 saturated heterocycles.